The molecule has 5 heteroatoms. The summed E-state index contributed by atoms with van der Waals surface area (Å²) in [4.78, 5) is 15.2. The number of aryl methyl sites for hydroxylation is 1. The molecule has 3 rings (SSSR count). The third-order valence-corrected chi connectivity index (χ3v) is 5.50. The van der Waals surface area contributed by atoms with Crippen molar-refractivity contribution < 1.29 is 14.6 Å². The zero-order valence-corrected chi connectivity index (χ0v) is 16.6. The Morgan fingerprint density at radius 1 is 0.889 bits per heavy atom. The first-order valence-corrected chi connectivity index (χ1v) is 10.3. The number of quaternary nitrogens is 2. The second kappa shape index (κ2) is 10.5. The Balaban J connectivity index is 1.29. The minimum absolute atomic E-state index is 0.180. The van der Waals surface area contributed by atoms with Crippen LogP contribution < -0.4 is 15.1 Å². The molecule has 1 saturated heterocycles. The number of nitrogens with one attached hydrogen (secondary N) is 3. The molecule has 1 aliphatic rings. The molecule has 0 radical (unpaired) electrons. The van der Waals surface area contributed by atoms with E-state index in [4.69, 9.17) is 11.6 Å². The molecule has 4 nitrogen and oxygen atoms in total. The van der Waals surface area contributed by atoms with Crippen LogP contribution in [0, 0.1) is 0 Å². The van der Waals surface area contributed by atoms with Crippen molar-refractivity contribution in [3.05, 3.63) is 70.7 Å². The predicted molar refractivity (Wildman–Crippen MR) is 109 cm³/mol. The van der Waals surface area contributed by atoms with Crippen LogP contribution in [-0.2, 0) is 17.8 Å². The first-order valence-electron chi connectivity index (χ1n) is 9.91. The van der Waals surface area contributed by atoms with Gasteiger partial charge < -0.3 is 15.1 Å². The Kier molecular flexibility index (Phi) is 7.69. The summed E-state index contributed by atoms with van der Waals surface area (Å²) in [6.07, 6.45) is 2.00. The second-order valence-corrected chi connectivity index (χ2v) is 7.86. The van der Waals surface area contributed by atoms with Gasteiger partial charge in [0.2, 0.25) is 0 Å². The highest BCUT2D eigenvalue weighted by Crippen LogP contribution is 2.08. The molecule has 0 atom stereocenters. The maximum Gasteiger partial charge on any atom is 0.275 e. The second-order valence-electron chi connectivity index (χ2n) is 7.42. The number of halogens is 1. The van der Waals surface area contributed by atoms with Crippen molar-refractivity contribution in [3.8, 4) is 0 Å². The van der Waals surface area contributed by atoms with Gasteiger partial charge in [0.25, 0.3) is 5.91 Å². The lowest BCUT2D eigenvalue weighted by Gasteiger charge is -2.29. The van der Waals surface area contributed by atoms with Crippen LogP contribution >= 0.6 is 11.6 Å². The Bertz CT molecular complexity index is 697. The maximum absolute atomic E-state index is 12.2. The summed E-state index contributed by atoms with van der Waals surface area (Å²) < 4.78 is 0. The summed E-state index contributed by atoms with van der Waals surface area (Å²) >= 11 is 5.95. The first kappa shape index (κ1) is 19.9. The molecule has 1 heterocycles. The molecule has 1 amide bonds. The van der Waals surface area contributed by atoms with Crippen LogP contribution in [0.5, 0.6) is 0 Å². The van der Waals surface area contributed by atoms with Gasteiger partial charge in [-0.2, -0.15) is 0 Å². The van der Waals surface area contributed by atoms with Gasteiger partial charge in [0.15, 0.2) is 6.54 Å². The average molecular weight is 388 g/mol. The molecule has 0 spiro atoms. The summed E-state index contributed by atoms with van der Waals surface area (Å²) in [5, 5.41) is 3.87. The highest BCUT2D eigenvalue weighted by atomic mass is 35.5. The standard InChI is InChI=1S/C22H28ClN3O/c23-21-10-8-20(9-11-21)17-25-13-15-26(16-14-25)18-22(27)24-12-4-7-19-5-2-1-3-6-19/h1-3,5-6,8-11H,4,7,12-18H2,(H,24,27)/p+2. The van der Waals surface area contributed by atoms with Gasteiger partial charge in [-0.25, -0.2) is 0 Å². The van der Waals surface area contributed by atoms with E-state index in [0.29, 0.717) is 6.54 Å². The molecule has 2 aromatic rings. The molecule has 27 heavy (non-hydrogen) atoms. The fraction of sp³-hybridized carbons (Fsp3) is 0.409. The Hall–Kier alpha value is -1.88. The van der Waals surface area contributed by atoms with E-state index in [-0.39, 0.29) is 5.91 Å². The van der Waals surface area contributed by atoms with E-state index in [1.165, 1.54) is 16.0 Å². The number of piperazine rings is 1. The van der Waals surface area contributed by atoms with Gasteiger partial charge in [0.1, 0.15) is 32.7 Å². The molecule has 0 unspecified atom stereocenters. The van der Waals surface area contributed by atoms with Gasteiger partial charge in [-0.05, 0) is 30.5 Å². The number of benzene rings is 2. The summed E-state index contributed by atoms with van der Waals surface area (Å²) in [6.45, 7) is 6.73. The largest absolute Gasteiger partial charge is 0.351 e. The van der Waals surface area contributed by atoms with Crippen LogP contribution in [0.4, 0.5) is 0 Å². The highest BCUT2D eigenvalue weighted by Gasteiger charge is 2.24. The molecule has 1 fully saturated rings. The fourth-order valence-corrected chi connectivity index (χ4v) is 3.78. The van der Waals surface area contributed by atoms with Crippen molar-refractivity contribution in [1.29, 1.82) is 0 Å². The van der Waals surface area contributed by atoms with Crippen LogP contribution in [0.1, 0.15) is 17.5 Å². The first-order chi connectivity index (χ1) is 13.2. The summed E-state index contributed by atoms with van der Waals surface area (Å²) in [6, 6.07) is 18.6. The van der Waals surface area contributed by atoms with E-state index < -0.39 is 0 Å². The lowest BCUT2D eigenvalue weighted by Crippen LogP contribution is -3.28. The SMILES string of the molecule is O=C(C[NH+]1CC[NH+](Cc2ccc(Cl)cc2)CC1)NCCCc1ccccc1. The lowest BCUT2D eigenvalue weighted by molar-refractivity contribution is -1.02. The number of amides is 1. The average Bonchev–Trinajstić information content (AvgIpc) is 2.69. The fourth-order valence-electron chi connectivity index (χ4n) is 3.66. The third-order valence-electron chi connectivity index (χ3n) is 5.25. The molecule has 3 N–H and O–H groups in total. The van der Waals surface area contributed by atoms with Gasteiger partial charge in [-0.1, -0.05) is 54.1 Å². The van der Waals surface area contributed by atoms with Gasteiger partial charge >= 0.3 is 0 Å². The van der Waals surface area contributed by atoms with Crippen molar-refractivity contribution >= 4 is 17.5 Å². The van der Waals surface area contributed by atoms with Crippen molar-refractivity contribution in [3.63, 3.8) is 0 Å². The topological polar surface area (TPSA) is 38.0 Å². The lowest BCUT2D eigenvalue weighted by atomic mass is 10.1. The van der Waals surface area contributed by atoms with E-state index in [9.17, 15) is 4.79 Å². The Morgan fingerprint density at radius 2 is 1.56 bits per heavy atom. The van der Waals surface area contributed by atoms with E-state index in [1.807, 2.05) is 18.2 Å². The summed E-state index contributed by atoms with van der Waals surface area (Å²) in [5.41, 5.74) is 2.66. The normalized spacial score (nSPS) is 19.6. The zero-order valence-electron chi connectivity index (χ0n) is 15.8. The number of rotatable bonds is 8. The third kappa shape index (κ3) is 6.98. The molecule has 2 aromatic carbocycles. The zero-order chi connectivity index (χ0) is 18.9. The monoisotopic (exact) mass is 387 g/mol. The summed E-state index contributed by atoms with van der Waals surface area (Å²) in [5.74, 6) is 0.180. The van der Waals surface area contributed by atoms with Crippen molar-refractivity contribution in [2.24, 2.45) is 0 Å². The van der Waals surface area contributed by atoms with Gasteiger partial charge in [-0.15, -0.1) is 0 Å². The van der Waals surface area contributed by atoms with E-state index in [0.717, 1.165) is 57.1 Å². The molecular weight excluding hydrogens is 358 g/mol. The van der Waals surface area contributed by atoms with Crippen LogP contribution in [0.3, 0.4) is 0 Å². The van der Waals surface area contributed by atoms with Gasteiger partial charge in [-0.3, -0.25) is 4.79 Å². The van der Waals surface area contributed by atoms with Crippen LogP contribution in [-0.4, -0.2) is 45.2 Å². The van der Waals surface area contributed by atoms with E-state index in [2.05, 4.69) is 41.7 Å². The van der Waals surface area contributed by atoms with E-state index in [1.54, 1.807) is 4.90 Å². The molecular formula is C22H30ClN3O+2. The highest BCUT2D eigenvalue weighted by molar-refractivity contribution is 6.30. The molecule has 0 aromatic heterocycles. The molecule has 1 aliphatic heterocycles. The van der Waals surface area contributed by atoms with Crippen molar-refractivity contribution in [1.82, 2.24) is 5.32 Å². The minimum Gasteiger partial charge on any atom is -0.351 e. The molecule has 0 bridgehead atoms. The quantitative estimate of drug-likeness (QED) is 0.563. The number of hydrogen-bond donors (Lipinski definition) is 3. The van der Waals surface area contributed by atoms with Crippen LogP contribution in [0.2, 0.25) is 5.02 Å². The van der Waals surface area contributed by atoms with Crippen LogP contribution in [0.15, 0.2) is 54.6 Å². The van der Waals surface area contributed by atoms with E-state index >= 15 is 0 Å². The molecule has 0 aliphatic carbocycles. The number of carbonyl (C=O) groups is 1. The Morgan fingerprint density at radius 3 is 2.26 bits per heavy atom. The molecule has 0 saturated carbocycles. The summed E-state index contributed by atoms with van der Waals surface area (Å²) in [7, 11) is 0. The predicted octanol–water partition coefficient (Wildman–Crippen LogP) is 0.372. The maximum atomic E-state index is 12.2. The smallest absolute Gasteiger partial charge is 0.275 e. The number of hydrogen-bond acceptors (Lipinski definition) is 1. The van der Waals surface area contributed by atoms with Crippen molar-refractivity contribution in [2.45, 2.75) is 19.4 Å². The Labute approximate surface area is 167 Å². The van der Waals surface area contributed by atoms with Gasteiger partial charge in [0, 0.05) is 17.1 Å². The number of carbonyl (C=O) groups excluding carboxylic acids is 1. The van der Waals surface area contributed by atoms with Crippen LogP contribution in [0.25, 0.3) is 0 Å². The van der Waals surface area contributed by atoms with Gasteiger partial charge in [0.05, 0.1) is 0 Å². The van der Waals surface area contributed by atoms with Crippen molar-refractivity contribution in [2.75, 3.05) is 39.3 Å². The molecule has 144 valence electrons. The minimum atomic E-state index is 0.180.